The molecule has 1 atom stereocenters. The number of nitrogens with one attached hydrogen (secondary N) is 2. The highest BCUT2D eigenvalue weighted by Crippen LogP contribution is 2.32. The molecule has 7 nitrogen and oxygen atoms in total. The average molecular weight is 350 g/mol. The van der Waals surface area contributed by atoms with E-state index >= 15 is 0 Å². The van der Waals surface area contributed by atoms with Gasteiger partial charge in [0.25, 0.3) is 0 Å². The van der Waals surface area contributed by atoms with E-state index in [-0.39, 0.29) is 17.4 Å². The third kappa shape index (κ3) is 2.55. The van der Waals surface area contributed by atoms with E-state index in [4.69, 9.17) is 12.2 Å². The molecule has 3 amide bonds. The van der Waals surface area contributed by atoms with Crippen molar-refractivity contribution in [3.63, 3.8) is 0 Å². The van der Waals surface area contributed by atoms with Gasteiger partial charge in [-0.15, -0.1) is 0 Å². The van der Waals surface area contributed by atoms with Gasteiger partial charge in [-0.1, -0.05) is 0 Å². The van der Waals surface area contributed by atoms with E-state index in [9.17, 15) is 18.8 Å². The Balaban J connectivity index is 1.88. The van der Waals surface area contributed by atoms with Crippen molar-refractivity contribution < 1.29 is 18.8 Å². The van der Waals surface area contributed by atoms with Gasteiger partial charge in [0.15, 0.2) is 5.11 Å². The van der Waals surface area contributed by atoms with E-state index in [0.717, 1.165) is 5.01 Å². The van der Waals surface area contributed by atoms with E-state index in [1.54, 1.807) is 13.8 Å². The van der Waals surface area contributed by atoms with Crippen LogP contribution in [0.2, 0.25) is 0 Å². The minimum atomic E-state index is -1.13. The Labute approximate surface area is 142 Å². The summed E-state index contributed by atoms with van der Waals surface area (Å²) in [5, 5.41) is 7.62. The zero-order valence-electron chi connectivity index (χ0n) is 13.0. The molecule has 0 saturated carbocycles. The van der Waals surface area contributed by atoms with E-state index in [1.165, 1.54) is 29.3 Å². The number of amides is 3. The molecule has 2 heterocycles. The maximum atomic E-state index is 13.0. The van der Waals surface area contributed by atoms with Crippen LogP contribution < -0.4 is 10.6 Å². The van der Waals surface area contributed by atoms with Gasteiger partial charge in [-0.2, -0.15) is 5.01 Å². The van der Waals surface area contributed by atoms with Crippen LogP contribution in [0.3, 0.4) is 0 Å². The number of thiocarbonyl (C=S) groups is 1. The lowest BCUT2D eigenvalue weighted by atomic mass is 10.00. The molecule has 2 N–H and O–H groups in total. The number of hydrazine groups is 1. The van der Waals surface area contributed by atoms with Crippen molar-refractivity contribution in [2.45, 2.75) is 31.8 Å². The predicted molar refractivity (Wildman–Crippen MR) is 86.9 cm³/mol. The summed E-state index contributed by atoms with van der Waals surface area (Å²) < 4.78 is 13.0. The molecule has 1 aromatic carbocycles. The molecule has 0 unspecified atom stereocenters. The largest absolute Gasteiger partial charge is 0.325 e. The second-order valence-corrected chi connectivity index (χ2v) is 6.47. The lowest BCUT2D eigenvalue weighted by Gasteiger charge is -2.45. The lowest BCUT2D eigenvalue weighted by Crippen LogP contribution is -2.71. The summed E-state index contributed by atoms with van der Waals surface area (Å²) in [5.74, 6) is -1.65. The SMILES string of the molecule is CC1(C)C(=O)NC(=S)N2C(=O)C[C@H](C(=O)Nc3ccc(F)cc3)N21. The monoisotopic (exact) mass is 350 g/mol. The first-order valence-electron chi connectivity index (χ1n) is 7.26. The Hall–Kier alpha value is -2.39. The van der Waals surface area contributed by atoms with Crippen LogP contribution in [0.25, 0.3) is 0 Å². The Kier molecular flexibility index (Phi) is 3.84. The molecule has 2 saturated heterocycles. The summed E-state index contributed by atoms with van der Waals surface area (Å²) in [6.45, 7) is 3.21. The summed E-state index contributed by atoms with van der Waals surface area (Å²) in [4.78, 5) is 37.0. The highest BCUT2D eigenvalue weighted by Gasteiger charge is 2.56. The van der Waals surface area contributed by atoms with Crippen LogP contribution in [0.4, 0.5) is 10.1 Å². The summed E-state index contributed by atoms with van der Waals surface area (Å²) in [6, 6.07) is 4.38. The van der Waals surface area contributed by atoms with Crippen molar-refractivity contribution in [3.05, 3.63) is 30.1 Å². The molecule has 1 aromatic rings. The maximum Gasteiger partial charge on any atom is 0.248 e. The summed E-state index contributed by atoms with van der Waals surface area (Å²) in [6.07, 6.45) is -0.106. The topological polar surface area (TPSA) is 81.8 Å². The zero-order chi connectivity index (χ0) is 17.6. The minimum absolute atomic E-state index is 0.0404. The van der Waals surface area contributed by atoms with E-state index in [0.29, 0.717) is 5.69 Å². The van der Waals surface area contributed by atoms with Crippen molar-refractivity contribution in [1.82, 2.24) is 15.3 Å². The smallest absolute Gasteiger partial charge is 0.248 e. The van der Waals surface area contributed by atoms with Gasteiger partial charge < -0.3 is 5.32 Å². The number of hydrogen-bond donors (Lipinski definition) is 2. The van der Waals surface area contributed by atoms with Crippen LogP contribution in [0.5, 0.6) is 0 Å². The summed E-state index contributed by atoms with van der Waals surface area (Å²) in [5.41, 5.74) is -0.728. The average Bonchev–Trinajstić information content (AvgIpc) is 2.87. The van der Waals surface area contributed by atoms with Gasteiger partial charge in [0.05, 0.1) is 6.42 Å². The Morgan fingerprint density at radius 3 is 2.58 bits per heavy atom. The van der Waals surface area contributed by atoms with Crippen molar-refractivity contribution in [1.29, 1.82) is 0 Å². The zero-order valence-corrected chi connectivity index (χ0v) is 13.8. The molecule has 0 aromatic heterocycles. The van der Waals surface area contributed by atoms with Gasteiger partial charge >= 0.3 is 0 Å². The Bertz CT molecular complexity index is 750. The third-order valence-corrected chi connectivity index (χ3v) is 4.35. The van der Waals surface area contributed by atoms with Crippen LogP contribution in [0, 0.1) is 5.82 Å². The molecular weight excluding hydrogens is 335 g/mol. The van der Waals surface area contributed by atoms with Crippen LogP contribution in [0.1, 0.15) is 20.3 Å². The van der Waals surface area contributed by atoms with Crippen molar-refractivity contribution in [2.75, 3.05) is 5.32 Å². The van der Waals surface area contributed by atoms with E-state index in [2.05, 4.69) is 10.6 Å². The molecule has 3 rings (SSSR count). The first-order chi connectivity index (χ1) is 11.2. The number of carbonyl (C=O) groups excluding carboxylic acids is 3. The van der Waals surface area contributed by atoms with Crippen LogP contribution in [0.15, 0.2) is 24.3 Å². The van der Waals surface area contributed by atoms with Crippen LogP contribution >= 0.6 is 12.2 Å². The minimum Gasteiger partial charge on any atom is -0.325 e. The third-order valence-electron chi connectivity index (χ3n) is 4.07. The molecule has 2 aliphatic rings. The van der Waals surface area contributed by atoms with Gasteiger partial charge in [0.1, 0.15) is 17.4 Å². The Morgan fingerprint density at radius 2 is 1.96 bits per heavy atom. The molecular formula is C15H15FN4O3S. The van der Waals surface area contributed by atoms with E-state index in [1.807, 2.05) is 0 Å². The second kappa shape index (κ2) is 5.60. The van der Waals surface area contributed by atoms with Crippen molar-refractivity contribution in [2.24, 2.45) is 0 Å². The van der Waals surface area contributed by atoms with Crippen LogP contribution in [-0.4, -0.2) is 44.4 Å². The first kappa shape index (κ1) is 16.5. The first-order valence-corrected chi connectivity index (χ1v) is 7.66. The molecule has 24 heavy (non-hydrogen) atoms. The summed E-state index contributed by atoms with van der Waals surface area (Å²) >= 11 is 5.04. The highest BCUT2D eigenvalue weighted by atomic mass is 32.1. The number of fused-ring (bicyclic) bond motifs is 1. The lowest BCUT2D eigenvalue weighted by molar-refractivity contribution is -0.154. The Morgan fingerprint density at radius 1 is 1.33 bits per heavy atom. The van der Waals surface area contributed by atoms with Crippen molar-refractivity contribution in [3.8, 4) is 0 Å². The fourth-order valence-corrected chi connectivity index (χ4v) is 3.10. The number of halogens is 1. The predicted octanol–water partition coefficient (Wildman–Crippen LogP) is 0.775. The quantitative estimate of drug-likeness (QED) is 0.770. The fraction of sp³-hybridized carbons (Fsp3) is 0.333. The van der Waals surface area contributed by atoms with Crippen molar-refractivity contribution >= 4 is 40.7 Å². The number of rotatable bonds is 2. The summed E-state index contributed by atoms with van der Waals surface area (Å²) in [7, 11) is 0. The second-order valence-electron chi connectivity index (χ2n) is 6.08. The maximum absolute atomic E-state index is 13.0. The van der Waals surface area contributed by atoms with Gasteiger partial charge in [-0.05, 0) is 50.3 Å². The number of nitrogens with zero attached hydrogens (tertiary/aromatic N) is 2. The van der Waals surface area contributed by atoms with Crippen LogP contribution in [-0.2, 0) is 14.4 Å². The number of hydrogen-bond acceptors (Lipinski definition) is 5. The molecule has 0 aliphatic carbocycles. The molecule has 9 heteroatoms. The molecule has 2 fully saturated rings. The highest BCUT2D eigenvalue weighted by molar-refractivity contribution is 7.80. The number of anilines is 1. The van der Waals surface area contributed by atoms with E-state index < -0.39 is 29.2 Å². The number of benzene rings is 1. The molecule has 0 bridgehead atoms. The molecule has 2 aliphatic heterocycles. The van der Waals surface area contributed by atoms with Gasteiger partial charge in [0.2, 0.25) is 17.7 Å². The molecule has 0 radical (unpaired) electrons. The normalized spacial score (nSPS) is 23.0. The standard InChI is InChI=1S/C15H15FN4O3S/c1-15(2)13(23)18-14(24)19-11(21)7-10(20(15)19)12(22)17-9-5-3-8(16)4-6-9/h3-6,10H,7H2,1-2H3,(H,17,22)(H,18,23,24)/t10-/m1/s1. The molecule has 126 valence electrons. The van der Waals surface area contributed by atoms with Gasteiger partial charge in [-0.3, -0.25) is 19.7 Å². The molecule has 0 spiro atoms. The van der Waals surface area contributed by atoms with Gasteiger partial charge in [-0.25, -0.2) is 9.40 Å². The number of carbonyl (C=O) groups is 3. The fourth-order valence-electron chi connectivity index (χ4n) is 2.82. The van der Waals surface area contributed by atoms with Gasteiger partial charge in [0, 0.05) is 5.69 Å².